The van der Waals surface area contributed by atoms with Gasteiger partial charge in [-0.3, -0.25) is 10.1 Å². The van der Waals surface area contributed by atoms with Crippen LogP contribution >= 0.6 is 11.8 Å². The third kappa shape index (κ3) is 3.79. The molecule has 3 rings (SSSR count). The number of nitro groups is 1. The Morgan fingerprint density at radius 1 is 1.33 bits per heavy atom. The minimum atomic E-state index is -1.17. The number of nitrogens with zero attached hydrogens (tertiary/aromatic N) is 2. The molecule has 1 heterocycles. The van der Waals surface area contributed by atoms with E-state index in [0.29, 0.717) is 11.8 Å². The zero-order valence-corrected chi connectivity index (χ0v) is 15.7. The number of non-ortho nitro benzene ring substituents is 1. The topological polar surface area (TPSA) is 69.4 Å². The lowest BCUT2D eigenvalue weighted by Gasteiger charge is -2.34. The highest BCUT2D eigenvalue weighted by atomic mass is 32.2. The van der Waals surface area contributed by atoms with Gasteiger partial charge < -0.3 is 4.55 Å². The number of rotatable bonds is 5. The maximum absolute atomic E-state index is 12.9. The summed E-state index contributed by atoms with van der Waals surface area (Å²) in [6.45, 7) is 6.45. The van der Waals surface area contributed by atoms with Gasteiger partial charge >= 0.3 is 0 Å². The number of nitro benzene ring substituents is 1. The molecule has 1 aromatic rings. The average molecular weight is 367 g/mol. The van der Waals surface area contributed by atoms with Gasteiger partial charge in [0.05, 0.1) is 11.5 Å². The van der Waals surface area contributed by atoms with E-state index in [2.05, 4.69) is 0 Å². The third-order valence-corrected chi connectivity index (χ3v) is 7.27. The molecule has 0 bridgehead atoms. The molecule has 7 heteroatoms. The summed E-state index contributed by atoms with van der Waals surface area (Å²) in [6.07, 6.45) is 6.40. The molecule has 5 nitrogen and oxygen atoms in total. The van der Waals surface area contributed by atoms with Crippen LogP contribution in [0.1, 0.15) is 45.2 Å². The second-order valence-corrected chi connectivity index (χ2v) is 10.7. The molecule has 0 amide bonds. The third-order valence-electron chi connectivity index (χ3n) is 3.99. The van der Waals surface area contributed by atoms with Crippen molar-refractivity contribution in [2.75, 3.05) is 6.54 Å². The summed E-state index contributed by atoms with van der Waals surface area (Å²) >= 11 is 0.608. The maximum atomic E-state index is 12.9. The molecule has 2 atom stereocenters. The Morgan fingerprint density at radius 2 is 2.04 bits per heavy atom. The predicted molar refractivity (Wildman–Crippen MR) is 98.5 cm³/mol. The van der Waals surface area contributed by atoms with Crippen LogP contribution < -0.4 is 0 Å². The Hall–Kier alpha value is -1.02. The highest BCUT2D eigenvalue weighted by Crippen LogP contribution is 2.45. The van der Waals surface area contributed by atoms with E-state index in [9.17, 15) is 14.7 Å². The fraction of sp³-hybridized carbons (Fsp3) is 0.529. The van der Waals surface area contributed by atoms with Crippen molar-refractivity contribution in [2.45, 2.75) is 54.5 Å². The molecule has 0 N–H and O–H groups in total. The molecule has 2 aliphatic rings. The number of hydrogen-bond donors (Lipinski definition) is 0. The first-order valence-electron chi connectivity index (χ1n) is 8.07. The normalized spacial score (nSPS) is 22.8. The summed E-state index contributed by atoms with van der Waals surface area (Å²) in [5, 5.41) is 11.8. The first-order valence-corrected chi connectivity index (χ1v) is 10.1. The van der Waals surface area contributed by atoms with Crippen LogP contribution in [0.5, 0.6) is 0 Å². The van der Waals surface area contributed by atoms with Crippen molar-refractivity contribution in [1.29, 1.82) is 0 Å². The van der Waals surface area contributed by atoms with Crippen LogP contribution in [0.3, 0.4) is 0 Å². The van der Waals surface area contributed by atoms with Crippen LogP contribution in [0.2, 0.25) is 0 Å². The fourth-order valence-electron chi connectivity index (χ4n) is 2.64. The second-order valence-electron chi connectivity index (χ2n) is 7.13. The van der Waals surface area contributed by atoms with Gasteiger partial charge in [-0.15, -0.1) is 16.1 Å². The number of benzene rings is 1. The molecule has 1 aliphatic carbocycles. The maximum Gasteiger partial charge on any atom is 0.269 e. The molecule has 0 spiro atoms. The van der Waals surface area contributed by atoms with Gasteiger partial charge in [0, 0.05) is 33.6 Å². The van der Waals surface area contributed by atoms with E-state index >= 15 is 0 Å². The van der Waals surface area contributed by atoms with Gasteiger partial charge in [0.15, 0.2) is 0 Å². The van der Waals surface area contributed by atoms with Gasteiger partial charge in [-0.1, -0.05) is 12.2 Å². The van der Waals surface area contributed by atoms with Crippen molar-refractivity contribution in [2.24, 2.45) is 0 Å². The van der Waals surface area contributed by atoms with Crippen molar-refractivity contribution in [3.63, 3.8) is 0 Å². The Morgan fingerprint density at radius 3 is 2.62 bits per heavy atom. The van der Waals surface area contributed by atoms with Crippen LogP contribution in [-0.4, -0.2) is 30.3 Å². The van der Waals surface area contributed by atoms with Crippen LogP contribution in [0.25, 0.3) is 0 Å². The Kier molecular flexibility index (Phi) is 4.97. The van der Waals surface area contributed by atoms with E-state index in [1.807, 2.05) is 43.3 Å². The average Bonchev–Trinajstić information content (AvgIpc) is 3.19. The van der Waals surface area contributed by atoms with Gasteiger partial charge in [-0.2, -0.15) is 0 Å². The monoisotopic (exact) mass is 366 g/mol. The highest BCUT2D eigenvalue weighted by molar-refractivity contribution is 8.00. The molecule has 1 saturated carbocycles. The van der Waals surface area contributed by atoms with Gasteiger partial charge in [-0.05, 0) is 45.2 Å². The van der Waals surface area contributed by atoms with Crippen LogP contribution in [0, 0.1) is 10.1 Å². The molecular formula is C17H22N2O3S2. The Balaban J connectivity index is 1.96. The second kappa shape index (κ2) is 6.71. The van der Waals surface area contributed by atoms with Gasteiger partial charge in [0.25, 0.3) is 5.69 Å². The van der Waals surface area contributed by atoms with Gasteiger partial charge in [0.2, 0.25) is 0 Å². The molecule has 2 unspecified atom stereocenters. The summed E-state index contributed by atoms with van der Waals surface area (Å²) in [5.74, 6) is 0. The first kappa shape index (κ1) is 17.8. The summed E-state index contributed by atoms with van der Waals surface area (Å²) in [4.78, 5) is 11.9. The zero-order valence-electron chi connectivity index (χ0n) is 14.1. The van der Waals surface area contributed by atoms with Crippen LogP contribution in [0.4, 0.5) is 5.69 Å². The summed E-state index contributed by atoms with van der Waals surface area (Å²) in [5.41, 5.74) is 0.986. The van der Waals surface area contributed by atoms with Gasteiger partial charge in [0.1, 0.15) is 10.8 Å². The molecule has 1 fully saturated rings. The molecular weight excluding hydrogens is 344 g/mol. The summed E-state index contributed by atoms with van der Waals surface area (Å²) in [6, 6.07) is 4.89. The van der Waals surface area contributed by atoms with Crippen molar-refractivity contribution in [3.8, 4) is 0 Å². The standard InChI is InChI=1S/C17H22N2O3S2/c1-17(2,3)24(22)18-10-4-5-15(18)14-11-12(19(20)21)6-9-16(14)23-13-7-8-13/h4-6,9,11,13,15H,7-8,10H2,1-3H3. The van der Waals surface area contributed by atoms with Crippen molar-refractivity contribution in [3.05, 3.63) is 46.0 Å². The quantitative estimate of drug-likeness (QED) is 0.338. The fourth-order valence-corrected chi connectivity index (χ4v) is 5.15. The van der Waals surface area contributed by atoms with E-state index in [1.165, 1.54) is 12.8 Å². The van der Waals surface area contributed by atoms with E-state index in [4.69, 9.17) is 0 Å². The lowest BCUT2D eigenvalue weighted by atomic mass is 10.1. The zero-order chi connectivity index (χ0) is 17.5. The van der Waals surface area contributed by atoms with Crippen molar-refractivity contribution in [1.82, 2.24) is 4.31 Å². The molecule has 1 aromatic carbocycles. The minimum Gasteiger partial charge on any atom is -0.597 e. The van der Waals surface area contributed by atoms with E-state index in [0.717, 1.165) is 10.5 Å². The molecule has 24 heavy (non-hydrogen) atoms. The van der Waals surface area contributed by atoms with E-state index in [-0.39, 0.29) is 21.4 Å². The van der Waals surface area contributed by atoms with Crippen LogP contribution in [0.15, 0.2) is 35.2 Å². The van der Waals surface area contributed by atoms with Crippen LogP contribution in [-0.2, 0) is 11.4 Å². The SMILES string of the molecule is CC(C)(C)[S+]([O-])N1CC=CC1c1cc([N+](=O)[O-])ccc1SC1CC1. The summed E-state index contributed by atoms with van der Waals surface area (Å²) < 4.78 is 14.4. The molecule has 130 valence electrons. The smallest absolute Gasteiger partial charge is 0.269 e. The predicted octanol–water partition coefficient (Wildman–Crippen LogP) is 4.22. The minimum absolute atomic E-state index is 0.0898. The lowest BCUT2D eigenvalue weighted by molar-refractivity contribution is -0.385. The van der Waals surface area contributed by atoms with Crippen molar-refractivity contribution >= 4 is 28.8 Å². The highest BCUT2D eigenvalue weighted by Gasteiger charge is 2.40. The number of thioether (sulfide) groups is 1. The molecule has 0 aromatic heterocycles. The summed E-state index contributed by atoms with van der Waals surface area (Å²) in [7, 11) is 0. The van der Waals surface area contributed by atoms with Gasteiger partial charge in [-0.25, -0.2) is 0 Å². The molecule has 0 radical (unpaired) electrons. The Bertz CT molecular complexity index is 668. The van der Waals surface area contributed by atoms with Crippen molar-refractivity contribution < 1.29 is 9.48 Å². The van der Waals surface area contributed by atoms with E-state index in [1.54, 1.807) is 23.9 Å². The lowest BCUT2D eigenvalue weighted by Crippen LogP contribution is -2.42. The molecule has 1 aliphatic heterocycles. The van der Waals surface area contributed by atoms with E-state index < -0.39 is 11.4 Å². The molecule has 0 saturated heterocycles. The Labute approximate surface area is 150 Å². The first-order chi connectivity index (χ1) is 11.3. The largest absolute Gasteiger partial charge is 0.597 e. The number of hydrogen-bond acceptors (Lipinski definition) is 5.